The van der Waals surface area contributed by atoms with Gasteiger partial charge in [-0.25, -0.2) is 0 Å². The van der Waals surface area contributed by atoms with Gasteiger partial charge < -0.3 is 10.2 Å². The molecule has 1 aromatic carbocycles. The maximum atomic E-state index is 12.3. The van der Waals surface area contributed by atoms with E-state index in [9.17, 15) is 4.79 Å². The number of benzene rings is 1. The molecule has 1 aliphatic heterocycles. The number of aromatic nitrogens is 2. The molecule has 1 aromatic heterocycles. The van der Waals surface area contributed by atoms with Crippen molar-refractivity contribution in [3.63, 3.8) is 0 Å². The Bertz CT molecular complexity index is 727. The van der Waals surface area contributed by atoms with Crippen LogP contribution in [0, 0.1) is 13.8 Å². The summed E-state index contributed by atoms with van der Waals surface area (Å²) in [5.74, 6) is 0.0410. The minimum Gasteiger partial charge on any atom is -0.372 e. The number of hydrogen-bond acceptors (Lipinski definition) is 3. The molecule has 25 heavy (non-hydrogen) atoms. The summed E-state index contributed by atoms with van der Waals surface area (Å²) < 4.78 is 1.83. The molecule has 5 heteroatoms. The predicted molar refractivity (Wildman–Crippen MR) is 101 cm³/mol. The van der Waals surface area contributed by atoms with Crippen LogP contribution in [0.4, 0.5) is 5.69 Å². The molecule has 0 atom stereocenters. The third-order valence-corrected chi connectivity index (χ3v) is 5.14. The number of aryl methyl sites for hydroxylation is 2. The summed E-state index contributed by atoms with van der Waals surface area (Å²) in [5.41, 5.74) is 5.44. The van der Waals surface area contributed by atoms with Crippen molar-refractivity contribution in [2.45, 2.75) is 46.1 Å². The smallest absolute Gasteiger partial charge is 0.224 e. The van der Waals surface area contributed by atoms with E-state index in [-0.39, 0.29) is 5.91 Å². The Morgan fingerprint density at radius 3 is 2.40 bits per heavy atom. The van der Waals surface area contributed by atoms with Crippen LogP contribution >= 0.6 is 0 Å². The Kier molecular flexibility index (Phi) is 5.41. The average molecular weight is 340 g/mol. The number of amides is 1. The molecule has 1 aliphatic rings. The van der Waals surface area contributed by atoms with E-state index < -0.39 is 0 Å². The lowest BCUT2D eigenvalue weighted by molar-refractivity contribution is -0.120. The third kappa shape index (κ3) is 4.21. The quantitative estimate of drug-likeness (QED) is 0.910. The Labute approximate surface area is 150 Å². The zero-order valence-electron chi connectivity index (χ0n) is 15.5. The van der Waals surface area contributed by atoms with Crippen molar-refractivity contribution in [1.29, 1.82) is 0 Å². The first kappa shape index (κ1) is 17.5. The van der Waals surface area contributed by atoms with Gasteiger partial charge in [0.25, 0.3) is 0 Å². The second kappa shape index (κ2) is 7.72. The SMILES string of the molecule is Cc1nn(C)c(C)c1CC(=O)NCc1ccc(N2CCCCC2)cc1. The first-order valence-corrected chi connectivity index (χ1v) is 9.14. The number of carbonyl (C=O) groups excluding carboxylic acids is 1. The van der Waals surface area contributed by atoms with Gasteiger partial charge >= 0.3 is 0 Å². The minimum atomic E-state index is 0.0410. The highest BCUT2D eigenvalue weighted by Crippen LogP contribution is 2.20. The number of hydrogen-bond donors (Lipinski definition) is 1. The lowest BCUT2D eigenvalue weighted by Crippen LogP contribution is -2.29. The van der Waals surface area contributed by atoms with E-state index in [2.05, 4.69) is 39.6 Å². The van der Waals surface area contributed by atoms with Crippen LogP contribution in [0.2, 0.25) is 0 Å². The summed E-state index contributed by atoms with van der Waals surface area (Å²) in [6.45, 7) is 6.83. The first-order chi connectivity index (χ1) is 12.0. The molecule has 1 amide bonds. The Morgan fingerprint density at radius 2 is 1.80 bits per heavy atom. The highest BCUT2D eigenvalue weighted by atomic mass is 16.1. The Morgan fingerprint density at radius 1 is 1.12 bits per heavy atom. The molecule has 5 nitrogen and oxygen atoms in total. The standard InChI is InChI=1S/C20H28N4O/c1-15-19(16(2)23(3)22-15)13-20(25)21-14-17-7-9-18(10-8-17)24-11-5-4-6-12-24/h7-10H,4-6,11-14H2,1-3H3,(H,21,25). The normalized spacial score (nSPS) is 14.6. The van der Waals surface area contributed by atoms with Crippen molar-refractivity contribution in [3.8, 4) is 0 Å². The second-order valence-electron chi connectivity index (χ2n) is 6.94. The van der Waals surface area contributed by atoms with E-state index in [1.807, 2.05) is 25.6 Å². The molecule has 1 N–H and O–H groups in total. The zero-order valence-corrected chi connectivity index (χ0v) is 15.5. The van der Waals surface area contributed by atoms with Crippen LogP contribution in [0.5, 0.6) is 0 Å². The van der Waals surface area contributed by atoms with Gasteiger partial charge in [0.15, 0.2) is 0 Å². The van der Waals surface area contributed by atoms with Gasteiger partial charge in [-0.15, -0.1) is 0 Å². The van der Waals surface area contributed by atoms with Crippen molar-refractivity contribution < 1.29 is 4.79 Å². The summed E-state index contributed by atoms with van der Waals surface area (Å²) >= 11 is 0. The maximum Gasteiger partial charge on any atom is 0.224 e. The largest absolute Gasteiger partial charge is 0.372 e. The van der Waals surface area contributed by atoms with Crippen molar-refractivity contribution >= 4 is 11.6 Å². The van der Waals surface area contributed by atoms with Crippen molar-refractivity contribution in [2.75, 3.05) is 18.0 Å². The van der Waals surface area contributed by atoms with Gasteiger partial charge in [-0.2, -0.15) is 5.10 Å². The lowest BCUT2D eigenvalue weighted by atomic mass is 10.1. The fourth-order valence-electron chi connectivity index (χ4n) is 3.47. The third-order valence-electron chi connectivity index (χ3n) is 5.14. The number of nitrogens with one attached hydrogen (secondary N) is 1. The summed E-state index contributed by atoms with van der Waals surface area (Å²) in [7, 11) is 1.91. The van der Waals surface area contributed by atoms with Crippen molar-refractivity contribution in [3.05, 3.63) is 46.8 Å². The molecule has 1 fully saturated rings. The maximum absolute atomic E-state index is 12.3. The van der Waals surface area contributed by atoms with Crippen LogP contribution in [0.25, 0.3) is 0 Å². The second-order valence-corrected chi connectivity index (χ2v) is 6.94. The van der Waals surface area contributed by atoms with E-state index in [1.54, 1.807) is 0 Å². The monoisotopic (exact) mass is 340 g/mol. The first-order valence-electron chi connectivity index (χ1n) is 9.14. The van der Waals surface area contributed by atoms with Gasteiger partial charge in [0, 0.05) is 43.6 Å². The number of anilines is 1. The number of nitrogens with zero attached hydrogens (tertiary/aromatic N) is 3. The van der Waals surface area contributed by atoms with Gasteiger partial charge in [0.2, 0.25) is 5.91 Å². The number of piperidine rings is 1. The minimum absolute atomic E-state index is 0.0410. The Balaban J connectivity index is 1.53. The molecule has 2 heterocycles. The molecule has 2 aromatic rings. The van der Waals surface area contributed by atoms with E-state index in [0.717, 1.165) is 35.6 Å². The van der Waals surface area contributed by atoms with Gasteiger partial charge in [-0.1, -0.05) is 12.1 Å². The Hall–Kier alpha value is -2.30. The molecular weight excluding hydrogens is 312 g/mol. The van der Waals surface area contributed by atoms with Crippen LogP contribution in [0.1, 0.15) is 41.8 Å². The van der Waals surface area contributed by atoms with Crippen LogP contribution < -0.4 is 10.2 Å². The molecule has 0 saturated carbocycles. The van der Waals surface area contributed by atoms with Gasteiger partial charge in [-0.05, 0) is 50.8 Å². The van der Waals surface area contributed by atoms with E-state index >= 15 is 0 Å². The molecule has 0 bridgehead atoms. The zero-order chi connectivity index (χ0) is 17.8. The molecular formula is C20H28N4O. The van der Waals surface area contributed by atoms with Crippen LogP contribution in [0.15, 0.2) is 24.3 Å². The molecule has 0 radical (unpaired) electrons. The van der Waals surface area contributed by atoms with Crippen LogP contribution in [-0.4, -0.2) is 28.8 Å². The highest BCUT2D eigenvalue weighted by molar-refractivity contribution is 5.79. The lowest BCUT2D eigenvalue weighted by Gasteiger charge is -2.28. The molecule has 1 saturated heterocycles. The number of rotatable bonds is 5. The molecule has 3 rings (SSSR count). The van der Waals surface area contributed by atoms with Gasteiger partial charge in [0.1, 0.15) is 0 Å². The molecule has 0 aliphatic carbocycles. The highest BCUT2D eigenvalue weighted by Gasteiger charge is 2.14. The van der Waals surface area contributed by atoms with Crippen molar-refractivity contribution in [2.24, 2.45) is 7.05 Å². The van der Waals surface area contributed by atoms with Crippen LogP contribution in [-0.2, 0) is 24.8 Å². The molecule has 134 valence electrons. The molecule has 0 spiro atoms. The van der Waals surface area contributed by atoms with Crippen molar-refractivity contribution in [1.82, 2.24) is 15.1 Å². The number of carbonyl (C=O) groups is 1. The predicted octanol–water partition coefficient (Wildman–Crippen LogP) is 2.89. The van der Waals surface area contributed by atoms with Gasteiger partial charge in [0.05, 0.1) is 12.1 Å². The topological polar surface area (TPSA) is 50.2 Å². The summed E-state index contributed by atoms with van der Waals surface area (Å²) in [6, 6.07) is 8.57. The molecule has 0 unspecified atom stereocenters. The summed E-state index contributed by atoms with van der Waals surface area (Å²) in [4.78, 5) is 14.7. The van der Waals surface area contributed by atoms with E-state index in [4.69, 9.17) is 0 Å². The fourth-order valence-corrected chi connectivity index (χ4v) is 3.47. The summed E-state index contributed by atoms with van der Waals surface area (Å²) in [6.07, 6.45) is 4.30. The average Bonchev–Trinajstić information content (AvgIpc) is 2.87. The van der Waals surface area contributed by atoms with E-state index in [1.165, 1.54) is 24.9 Å². The van der Waals surface area contributed by atoms with Crippen LogP contribution in [0.3, 0.4) is 0 Å². The summed E-state index contributed by atoms with van der Waals surface area (Å²) in [5, 5.41) is 7.39. The fraction of sp³-hybridized carbons (Fsp3) is 0.500. The van der Waals surface area contributed by atoms with E-state index in [0.29, 0.717) is 13.0 Å². The van der Waals surface area contributed by atoms with Gasteiger partial charge in [-0.3, -0.25) is 9.48 Å².